The van der Waals surface area contributed by atoms with Crippen molar-refractivity contribution in [2.24, 2.45) is 10.7 Å². The van der Waals surface area contributed by atoms with Gasteiger partial charge in [-0.25, -0.2) is 22.2 Å². The first-order chi connectivity index (χ1) is 16.6. The van der Waals surface area contributed by atoms with Crippen LogP contribution in [0.2, 0.25) is 0 Å². The lowest BCUT2D eigenvalue weighted by Crippen LogP contribution is -2.16. The average Bonchev–Trinajstić information content (AvgIpc) is 3.31. The number of allylic oxidation sites excluding steroid dienone is 1. The van der Waals surface area contributed by atoms with Crippen LogP contribution in [-0.2, 0) is 22.0 Å². The fourth-order valence-corrected chi connectivity index (χ4v) is 5.49. The van der Waals surface area contributed by atoms with Crippen molar-refractivity contribution in [2.75, 3.05) is 0 Å². The Hall–Kier alpha value is -3.12. The molecule has 0 radical (unpaired) electrons. The summed E-state index contributed by atoms with van der Waals surface area (Å²) >= 11 is 1.97. The summed E-state index contributed by atoms with van der Waals surface area (Å²) in [5.41, 5.74) is 6.34. The zero-order valence-corrected chi connectivity index (χ0v) is 21.1. The summed E-state index contributed by atoms with van der Waals surface area (Å²) < 4.78 is 60.5. The van der Waals surface area contributed by atoms with Crippen LogP contribution in [0, 0.1) is 15.2 Å². The van der Waals surface area contributed by atoms with Gasteiger partial charge in [0.2, 0.25) is 0 Å². The lowest BCUT2D eigenvalue weighted by molar-refractivity contribution is 0.0997. The number of benzene rings is 3. The van der Waals surface area contributed by atoms with Crippen molar-refractivity contribution in [2.45, 2.75) is 18.6 Å². The third-order valence-electron chi connectivity index (χ3n) is 5.21. The third kappa shape index (κ3) is 5.93. The molecule has 1 heterocycles. The Kier molecular flexibility index (Phi) is 7.31. The first kappa shape index (κ1) is 25.0. The summed E-state index contributed by atoms with van der Waals surface area (Å²) in [5.74, 6) is -2.34. The number of ether oxygens (including phenoxy) is 1. The number of amides is 1. The van der Waals surface area contributed by atoms with E-state index in [-0.39, 0.29) is 45.4 Å². The smallest absolute Gasteiger partial charge is 0.252 e. The zero-order chi connectivity index (χ0) is 25.2. The number of hydrogen-bond donors (Lipinski definition) is 1. The maximum atomic E-state index is 14.5. The van der Waals surface area contributed by atoms with Crippen molar-refractivity contribution in [3.63, 3.8) is 0 Å². The zero-order valence-electron chi connectivity index (χ0n) is 18.2. The molecular weight excluding hydrogens is 589 g/mol. The highest BCUT2D eigenvalue weighted by Gasteiger charge is 2.22. The number of carbonyl (C=O) groups excluding carboxylic acids is 1. The van der Waals surface area contributed by atoms with E-state index in [1.54, 1.807) is 24.3 Å². The molecule has 0 aliphatic carbocycles. The summed E-state index contributed by atoms with van der Waals surface area (Å²) in [4.78, 5) is 16.2. The van der Waals surface area contributed by atoms with Crippen molar-refractivity contribution in [1.82, 2.24) is 0 Å². The molecule has 6 nitrogen and oxygen atoms in total. The normalized spacial score (nSPS) is 13.1. The lowest BCUT2D eigenvalue weighted by atomic mass is 9.98. The Morgan fingerprint density at radius 3 is 2.57 bits per heavy atom. The molecule has 3 aromatic rings. The van der Waals surface area contributed by atoms with Gasteiger partial charge in [-0.1, -0.05) is 18.2 Å². The molecule has 35 heavy (non-hydrogen) atoms. The maximum absolute atomic E-state index is 14.5. The molecule has 0 aromatic heterocycles. The highest BCUT2D eigenvalue weighted by molar-refractivity contribution is 14.1. The minimum Gasteiger partial charge on any atom is -0.456 e. The maximum Gasteiger partial charge on any atom is 0.252 e. The molecule has 1 amide bonds. The van der Waals surface area contributed by atoms with E-state index >= 15 is 0 Å². The molecule has 1 aliphatic rings. The third-order valence-corrected chi connectivity index (χ3v) is 7.50. The standard InChI is InChI=1S/C25H19F2IN2O4S/c26-18-11-17(10-16-6-7-19(28)13-21(16)27)24(25(29)31)22(12-18)34-20-4-1-3-15(9-20)14-35(32,33)23-5-2-8-30-23/h1,3-9,11-13H,2,10,14H2,(H2,29,31). The predicted octanol–water partition coefficient (Wildman–Crippen LogP) is 5.28. The summed E-state index contributed by atoms with van der Waals surface area (Å²) in [7, 11) is -3.64. The molecule has 0 spiro atoms. The van der Waals surface area contributed by atoms with Gasteiger partial charge in [0.05, 0.1) is 11.3 Å². The Bertz CT molecular complexity index is 1490. The summed E-state index contributed by atoms with van der Waals surface area (Å²) in [6.45, 7) is 0. The van der Waals surface area contributed by atoms with Crippen LogP contribution < -0.4 is 10.5 Å². The van der Waals surface area contributed by atoms with E-state index in [0.29, 0.717) is 15.6 Å². The number of aliphatic imine (C=N–C) groups is 1. The number of nitrogens with two attached hydrogens (primary N) is 1. The quantitative estimate of drug-likeness (QED) is 0.352. The van der Waals surface area contributed by atoms with Crippen molar-refractivity contribution >= 4 is 44.5 Å². The highest BCUT2D eigenvalue weighted by Crippen LogP contribution is 2.32. The summed E-state index contributed by atoms with van der Waals surface area (Å²) in [6.07, 6.45) is 3.42. The van der Waals surface area contributed by atoms with Crippen LogP contribution in [0.5, 0.6) is 11.5 Å². The fraction of sp³-hybridized carbons (Fsp3) is 0.120. The molecule has 0 unspecified atom stereocenters. The van der Waals surface area contributed by atoms with Crippen LogP contribution in [0.4, 0.5) is 8.78 Å². The highest BCUT2D eigenvalue weighted by atomic mass is 127. The van der Waals surface area contributed by atoms with E-state index in [1.807, 2.05) is 22.6 Å². The molecule has 180 valence electrons. The fourth-order valence-electron chi connectivity index (χ4n) is 3.68. The van der Waals surface area contributed by atoms with E-state index in [2.05, 4.69) is 4.99 Å². The van der Waals surface area contributed by atoms with Crippen LogP contribution >= 0.6 is 22.6 Å². The van der Waals surface area contributed by atoms with Crippen LogP contribution in [0.25, 0.3) is 0 Å². The van der Waals surface area contributed by atoms with Crippen LogP contribution in [0.1, 0.15) is 33.5 Å². The number of hydrogen-bond acceptors (Lipinski definition) is 5. The van der Waals surface area contributed by atoms with Crippen molar-refractivity contribution < 1.29 is 26.7 Å². The average molecular weight is 608 g/mol. The number of carbonyl (C=O) groups is 1. The number of nitrogens with zero attached hydrogens (tertiary/aromatic N) is 1. The van der Waals surface area contributed by atoms with Gasteiger partial charge >= 0.3 is 0 Å². The Morgan fingerprint density at radius 1 is 1.09 bits per heavy atom. The number of halogens is 3. The van der Waals surface area contributed by atoms with E-state index in [9.17, 15) is 22.0 Å². The molecule has 0 atom stereocenters. The molecule has 0 fully saturated rings. The Morgan fingerprint density at radius 2 is 1.89 bits per heavy atom. The predicted molar refractivity (Wildman–Crippen MR) is 137 cm³/mol. The van der Waals surface area contributed by atoms with Crippen LogP contribution in [0.3, 0.4) is 0 Å². The number of primary amides is 1. The summed E-state index contributed by atoms with van der Waals surface area (Å²) in [6, 6.07) is 12.9. The second-order valence-corrected chi connectivity index (χ2v) is 11.0. The van der Waals surface area contributed by atoms with E-state index < -0.39 is 27.4 Å². The Labute approximate surface area is 214 Å². The van der Waals surface area contributed by atoms with Gasteiger partial charge in [0, 0.05) is 28.7 Å². The van der Waals surface area contributed by atoms with Gasteiger partial charge in [0.1, 0.15) is 23.1 Å². The molecule has 3 aromatic carbocycles. The molecule has 0 saturated heterocycles. The SMILES string of the molecule is NC(=O)c1c(Cc2ccc(I)cc2F)cc(F)cc1Oc1cccc(CS(=O)(=O)C2=CCC=N2)c1. The minimum absolute atomic E-state index is 0.0115. The molecule has 1 aliphatic heterocycles. The first-order valence-electron chi connectivity index (χ1n) is 10.4. The second-order valence-electron chi connectivity index (χ2n) is 7.81. The minimum atomic E-state index is -3.64. The van der Waals surface area contributed by atoms with Crippen LogP contribution in [0.15, 0.2) is 70.7 Å². The Balaban J connectivity index is 1.66. The molecule has 4 rings (SSSR count). The molecule has 0 saturated carbocycles. The van der Waals surface area contributed by atoms with Gasteiger partial charge in [-0.3, -0.25) is 4.79 Å². The van der Waals surface area contributed by atoms with Gasteiger partial charge in [-0.05, 0) is 75.7 Å². The monoisotopic (exact) mass is 608 g/mol. The van der Waals surface area contributed by atoms with E-state index in [0.717, 1.165) is 12.1 Å². The van der Waals surface area contributed by atoms with Crippen molar-refractivity contribution in [3.8, 4) is 11.5 Å². The lowest BCUT2D eigenvalue weighted by Gasteiger charge is -2.15. The number of rotatable bonds is 8. The van der Waals surface area contributed by atoms with Crippen LogP contribution in [-0.4, -0.2) is 20.5 Å². The largest absolute Gasteiger partial charge is 0.456 e. The van der Waals surface area contributed by atoms with E-state index in [4.69, 9.17) is 10.5 Å². The summed E-state index contributed by atoms with van der Waals surface area (Å²) in [5, 5.41) is 0.0115. The topological polar surface area (TPSA) is 98.8 Å². The molecular formula is C25H19F2IN2O4S. The van der Waals surface area contributed by atoms with Crippen molar-refractivity contribution in [1.29, 1.82) is 0 Å². The second kappa shape index (κ2) is 10.2. The first-order valence-corrected chi connectivity index (χ1v) is 13.1. The van der Waals surface area contributed by atoms with Gasteiger partial charge in [0.25, 0.3) is 5.91 Å². The van der Waals surface area contributed by atoms with Gasteiger partial charge in [-0.15, -0.1) is 0 Å². The molecule has 0 bridgehead atoms. The molecule has 2 N–H and O–H groups in total. The van der Waals surface area contributed by atoms with Crippen molar-refractivity contribution in [3.05, 3.63) is 103 Å². The van der Waals surface area contributed by atoms with E-state index in [1.165, 1.54) is 30.5 Å². The number of sulfone groups is 1. The van der Waals surface area contributed by atoms with Gasteiger partial charge in [0.15, 0.2) is 14.9 Å². The van der Waals surface area contributed by atoms with Gasteiger partial charge in [-0.2, -0.15) is 0 Å². The van der Waals surface area contributed by atoms with Gasteiger partial charge < -0.3 is 10.5 Å². The molecule has 10 heteroatoms.